The van der Waals surface area contributed by atoms with E-state index in [-0.39, 0.29) is 6.42 Å². The third-order valence-corrected chi connectivity index (χ3v) is 4.03. The molecular formula is C22H26N2O5. The number of carbonyl (C=O) groups is 3. The van der Waals surface area contributed by atoms with Crippen molar-refractivity contribution in [2.45, 2.75) is 32.8 Å². The molecule has 0 aliphatic rings. The zero-order valence-corrected chi connectivity index (χ0v) is 16.6. The normalized spacial score (nSPS) is 11.2. The molecule has 0 radical (unpaired) electrons. The van der Waals surface area contributed by atoms with Crippen molar-refractivity contribution >= 4 is 17.9 Å². The van der Waals surface area contributed by atoms with Gasteiger partial charge in [-0.3, -0.25) is 14.9 Å². The summed E-state index contributed by atoms with van der Waals surface area (Å²) in [4.78, 5) is 36.6. The molecule has 0 saturated heterocycles. The Bertz CT molecular complexity index is 823. The molecule has 0 aromatic heterocycles. The predicted octanol–water partition coefficient (Wildman–Crippen LogP) is 3.15. The Morgan fingerprint density at radius 2 is 1.66 bits per heavy atom. The van der Waals surface area contributed by atoms with Crippen molar-refractivity contribution in [1.82, 2.24) is 10.6 Å². The van der Waals surface area contributed by atoms with Crippen LogP contribution in [0.1, 0.15) is 37.5 Å². The van der Waals surface area contributed by atoms with E-state index < -0.39 is 24.0 Å². The lowest BCUT2D eigenvalue weighted by molar-refractivity contribution is -0.156. The van der Waals surface area contributed by atoms with Gasteiger partial charge in [0.2, 0.25) is 6.10 Å². The van der Waals surface area contributed by atoms with E-state index in [1.165, 1.54) is 0 Å². The minimum atomic E-state index is -1.21. The molecule has 0 fully saturated rings. The number of rotatable bonds is 9. The molecular weight excluding hydrogens is 372 g/mol. The van der Waals surface area contributed by atoms with Crippen LogP contribution in [0.3, 0.4) is 0 Å². The highest BCUT2D eigenvalue weighted by Crippen LogP contribution is 2.22. The van der Waals surface area contributed by atoms with Gasteiger partial charge in [0.1, 0.15) is 5.75 Å². The van der Waals surface area contributed by atoms with Gasteiger partial charge in [-0.05, 0) is 31.9 Å². The Morgan fingerprint density at radius 3 is 2.34 bits per heavy atom. The van der Waals surface area contributed by atoms with Crippen LogP contribution in [-0.2, 0) is 20.7 Å². The van der Waals surface area contributed by atoms with Crippen LogP contribution in [0.4, 0.5) is 4.79 Å². The molecule has 2 N–H and O–H groups in total. The minimum absolute atomic E-state index is 0.0713. The van der Waals surface area contributed by atoms with Crippen molar-refractivity contribution in [3.8, 4) is 5.75 Å². The highest BCUT2D eigenvalue weighted by atomic mass is 16.5. The van der Waals surface area contributed by atoms with Gasteiger partial charge in [-0.1, -0.05) is 48.5 Å². The molecule has 1 atom stereocenters. The summed E-state index contributed by atoms with van der Waals surface area (Å²) in [6, 6.07) is 15.4. The summed E-state index contributed by atoms with van der Waals surface area (Å²) in [5.74, 6) is -0.530. The highest BCUT2D eigenvalue weighted by Gasteiger charge is 2.26. The predicted molar refractivity (Wildman–Crippen MR) is 108 cm³/mol. The number of esters is 1. The van der Waals surface area contributed by atoms with Gasteiger partial charge >= 0.3 is 12.0 Å². The largest absolute Gasteiger partial charge is 0.494 e. The Morgan fingerprint density at radius 1 is 0.966 bits per heavy atom. The second-order valence-corrected chi connectivity index (χ2v) is 6.17. The third-order valence-electron chi connectivity index (χ3n) is 4.03. The molecule has 0 heterocycles. The van der Waals surface area contributed by atoms with Crippen molar-refractivity contribution in [3.05, 3.63) is 65.7 Å². The first-order chi connectivity index (χ1) is 14.0. The molecule has 2 rings (SSSR count). The summed E-state index contributed by atoms with van der Waals surface area (Å²) in [6.07, 6.45) is -0.732. The van der Waals surface area contributed by atoms with Crippen LogP contribution in [0, 0.1) is 0 Å². The SMILES string of the molecule is CCNC(=O)NC(=O)[C@H](OC(=O)CCc1ccccc1OCC)c1ccccc1. The maximum Gasteiger partial charge on any atom is 0.321 e. The first kappa shape index (κ1) is 21.9. The molecule has 0 aliphatic heterocycles. The number of nitrogens with one attached hydrogen (secondary N) is 2. The van der Waals surface area contributed by atoms with E-state index in [0.29, 0.717) is 25.1 Å². The average Bonchev–Trinajstić information content (AvgIpc) is 2.72. The van der Waals surface area contributed by atoms with Crippen molar-refractivity contribution in [1.29, 1.82) is 0 Å². The highest BCUT2D eigenvalue weighted by molar-refractivity contribution is 5.97. The first-order valence-electron chi connectivity index (χ1n) is 9.59. The van der Waals surface area contributed by atoms with Gasteiger partial charge in [0.05, 0.1) is 6.61 Å². The standard InChI is InChI=1S/C22H26N2O5/c1-3-23-22(27)24-21(26)20(17-11-6-5-7-12-17)29-19(25)15-14-16-10-8-9-13-18(16)28-4-2/h5-13,20H,3-4,14-15H2,1-2H3,(H2,23,24,26,27)/t20-/m1/s1. The molecule has 0 saturated carbocycles. The van der Waals surface area contributed by atoms with Crippen LogP contribution in [0.5, 0.6) is 5.75 Å². The summed E-state index contributed by atoms with van der Waals surface area (Å²) in [5.41, 5.74) is 1.37. The fourth-order valence-corrected chi connectivity index (χ4v) is 2.72. The Balaban J connectivity index is 2.05. The molecule has 0 aliphatic carbocycles. The number of carbonyl (C=O) groups excluding carboxylic acids is 3. The fraction of sp³-hybridized carbons (Fsp3) is 0.318. The maximum absolute atomic E-state index is 12.5. The lowest BCUT2D eigenvalue weighted by Crippen LogP contribution is -2.42. The van der Waals surface area contributed by atoms with E-state index in [0.717, 1.165) is 11.3 Å². The fourth-order valence-electron chi connectivity index (χ4n) is 2.72. The van der Waals surface area contributed by atoms with Gasteiger partial charge in [0.25, 0.3) is 5.91 Å². The summed E-state index contributed by atoms with van der Waals surface area (Å²) in [5, 5.41) is 4.67. The average molecular weight is 398 g/mol. The van der Waals surface area contributed by atoms with Crippen LogP contribution < -0.4 is 15.4 Å². The second-order valence-electron chi connectivity index (χ2n) is 6.17. The number of benzene rings is 2. The van der Waals surface area contributed by atoms with Crippen LogP contribution in [0.15, 0.2) is 54.6 Å². The van der Waals surface area contributed by atoms with Crippen molar-refractivity contribution in [3.63, 3.8) is 0 Å². The molecule has 154 valence electrons. The smallest absolute Gasteiger partial charge is 0.321 e. The minimum Gasteiger partial charge on any atom is -0.494 e. The summed E-state index contributed by atoms with van der Waals surface area (Å²) >= 11 is 0. The molecule has 2 aromatic rings. The molecule has 7 heteroatoms. The van der Waals surface area contributed by atoms with Crippen molar-refractivity contribution in [2.24, 2.45) is 0 Å². The van der Waals surface area contributed by atoms with Gasteiger partial charge in [0, 0.05) is 18.5 Å². The lowest BCUT2D eigenvalue weighted by atomic mass is 10.1. The van der Waals surface area contributed by atoms with Crippen LogP contribution in [0.2, 0.25) is 0 Å². The van der Waals surface area contributed by atoms with E-state index >= 15 is 0 Å². The number of imide groups is 1. The van der Waals surface area contributed by atoms with E-state index in [2.05, 4.69) is 10.6 Å². The summed E-state index contributed by atoms with van der Waals surface area (Å²) in [7, 11) is 0. The lowest BCUT2D eigenvalue weighted by Gasteiger charge is -2.18. The van der Waals surface area contributed by atoms with Crippen molar-refractivity contribution < 1.29 is 23.9 Å². The topological polar surface area (TPSA) is 93.7 Å². The van der Waals surface area contributed by atoms with Crippen LogP contribution >= 0.6 is 0 Å². The third kappa shape index (κ3) is 6.95. The molecule has 0 unspecified atom stereocenters. The van der Waals surface area contributed by atoms with E-state index in [1.54, 1.807) is 37.3 Å². The van der Waals surface area contributed by atoms with Gasteiger partial charge < -0.3 is 14.8 Å². The number of amides is 3. The zero-order valence-electron chi connectivity index (χ0n) is 16.6. The Labute approximate surface area is 170 Å². The summed E-state index contributed by atoms with van der Waals surface area (Å²) < 4.78 is 11.0. The quantitative estimate of drug-likeness (QED) is 0.633. The van der Waals surface area contributed by atoms with Gasteiger partial charge in [-0.2, -0.15) is 0 Å². The van der Waals surface area contributed by atoms with Gasteiger partial charge in [-0.15, -0.1) is 0 Å². The first-order valence-corrected chi connectivity index (χ1v) is 9.59. The van der Waals surface area contributed by atoms with E-state index in [9.17, 15) is 14.4 Å². The number of hydrogen-bond donors (Lipinski definition) is 2. The van der Waals surface area contributed by atoms with E-state index in [1.807, 2.05) is 31.2 Å². The van der Waals surface area contributed by atoms with Crippen LogP contribution in [0.25, 0.3) is 0 Å². The Hall–Kier alpha value is -3.35. The summed E-state index contributed by atoms with van der Waals surface area (Å²) in [6.45, 7) is 4.52. The van der Waals surface area contributed by atoms with Gasteiger partial charge in [0.15, 0.2) is 0 Å². The molecule has 29 heavy (non-hydrogen) atoms. The monoisotopic (exact) mass is 398 g/mol. The number of para-hydroxylation sites is 1. The van der Waals surface area contributed by atoms with E-state index in [4.69, 9.17) is 9.47 Å². The number of hydrogen-bond acceptors (Lipinski definition) is 5. The second kappa shape index (κ2) is 11.5. The van der Waals surface area contributed by atoms with Crippen LogP contribution in [-0.4, -0.2) is 31.1 Å². The number of ether oxygens (including phenoxy) is 2. The van der Waals surface area contributed by atoms with Gasteiger partial charge in [-0.25, -0.2) is 4.79 Å². The van der Waals surface area contributed by atoms with Crippen molar-refractivity contribution in [2.75, 3.05) is 13.2 Å². The number of urea groups is 1. The molecule has 7 nitrogen and oxygen atoms in total. The maximum atomic E-state index is 12.5. The molecule has 3 amide bonds. The Kier molecular flexibility index (Phi) is 8.69. The molecule has 0 bridgehead atoms. The molecule has 2 aromatic carbocycles. The zero-order chi connectivity index (χ0) is 21.1. The molecule has 0 spiro atoms. The number of aryl methyl sites for hydroxylation is 1.